The lowest BCUT2D eigenvalue weighted by atomic mass is 9.86. The number of amides is 5. The zero-order chi connectivity index (χ0) is 40.0. The van der Waals surface area contributed by atoms with Crippen molar-refractivity contribution >= 4 is 53.0 Å². The van der Waals surface area contributed by atoms with E-state index >= 15 is 0 Å². The Labute approximate surface area is 308 Å². The van der Waals surface area contributed by atoms with Crippen molar-refractivity contribution in [1.29, 1.82) is 0 Å². The lowest BCUT2D eigenvalue weighted by molar-refractivity contribution is -0.144. The molecule has 0 aromatic carbocycles. The summed E-state index contributed by atoms with van der Waals surface area (Å²) >= 11 is 0. The Morgan fingerprint density at radius 3 is 2.02 bits per heavy atom. The molecule has 0 saturated carbocycles. The molecule has 2 rings (SSSR count). The summed E-state index contributed by atoms with van der Waals surface area (Å²) in [6, 6.07) is -7.57. The van der Waals surface area contributed by atoms with Gasteiger partial charge in [0.05, 0.1) is 18.5 Å². The normalized spacial score (nSPS) is 19.6. The molecule has 2 aliphatic rings. The zero-order valence-corrected chi connectivity index (χ0v) is 30.8. The van der Waals surface area contributed by atoms with Crippen LogP contribution in [-0.2, 0) is 43.2 Å². The van der Waals surface area contributed by atoms with Gasteiger partial charge < -0.3 is 42.1 Å². The highest BCUT2D eigenvalue weighted by Crippen LogP contribution is 2.23. The quantitative estimate of drug-likeness (QED) is 0.0603. The van der Waals surface area contributed by atoms with Gasteiger partial charge in [-0.2, -0.15) is 0 Å². The molecule has 1 heterocycles. The summed E-state index contributed by atoms with van der Waals surface area (Å²) in [6.45, 7) is 10.4. The largest absolute Gasteiger partial charge is 0.481 e. The van der Waals surface area contributed by atoms with Crippen molar-refractivity contribution in [2.45, 2.75) is 122 Å². The maximum Gasteiger partial charge on any atom is 0.305 e. The number of likely N-dealkylation sites (tertiary alicyclic amines) is 1. The smallest absolute Gasteiger partial charge is 0.305 e. The Bertz CT molecular complexity index is 1440. The van der Waals surface area contributed by atoms with E-state index in [0.29, 0.717) is 25.7 Å². The SMILES string of the molecule is C=CCC(NC(=O)[C@H]1CCCN1C(=O)[C@@H](NC(=O)[C@@H](NC(=O)[C@H](CCC(=O)O)NC(=O)[C@@H](N)CC(=O)O)C(C)C)C(C)C)C(=O)C(=O)C1CC=CCC1. The summed E-state index contributed by atoms with van der Waals surface area (Å²) in [5.74, 6) is -9.34. The van der Waals surface area contributed by atoms with E-state index in [1.165, 1.54) is 11.0 Å². The summed E-state index contributed by atoms with van der Waals surface area (Å²) in [7, 11) is 0. The third-order valence-corrected chi connectivity index (χ3v) is 9.25. The van der Waals surface area contributed by atoms with Crippen LogP contribution in [0.4, 0.5) is 0 Å². The molecule has 53 heavy (non-hydrogen) atoms. The van der Waals surface area contributed by atoms with E-state index in [1.54, 1.807) is 27.7 Å². The van der Waals surface area contributed by atoms with Crippen molar-refractivity contribution in [2.75, 3.05) is 6.54 Å². The van der Waals surface area contributed by atoms with Crippen LogP contribution in [0.3, 0.4) is 0 Å². The van der Waals surface area contributed by atoms with E-state index in [1.807, 2.05) is 12.2 Å². The van der Waals surface area contributed by atoms with Gasteiger partial charge in [0.15, 0.2) is 0 Å². The number of carboxylic acid groups (broad SMARTS) is 2. The average molecular weight is 747 g/mol. The molecule has 1 saturated heterocycles. The first-order valence-electron chi connectivity index (χ1n) is 17.9. The fourth-order valence-corrected chi connectivity index (χ4v) is 6.19. The predicted octanol–water partition coefficient (Wildman–Crippen LogP) is -0.0340. The number of hydrogen-bond donors (Lipinski definition) is 7. The molecule has 0 aromatic rings. The number of nitrogens with two attached hydrogens (primary N) is 1. The van der Waals surface area contributed by atoms with Crippen LogP contribution in [0.15, 0.2) is 24.8 Å². The van der Waals surface area contributed by atoms with Gasteiger partial charge >= 0.3 is 11.9 Å². The molecule has 0 spiro atoms. The molecule has 7 atom stereocenters. The summed E-state index contributed by atoms with van der Waals surface area (Å²) in [5, 5.41) is 28.2. The molecule has 0 bridgehead atoms. The molecule has 2 unspecified atom stereocenters. The predicted molar refractivity (Wildman–Crippen MR) is 191 cm³/mol. The molecule has 0 aromatic heterocycles. The minimum Gasteiger partial charge on any atom is -0.481 e. The van der Waals surface area contributed by atoms with Crippen molar-refractivity contribution in [3.63, 3.8) is 0 Å². The van der Waals surface area contributed by atoms with Crippen LogP contribution in [0.5, 0.6) is 0 Å². The molecule has 8 N–H and O–H groups in total. The van der Waals surface area contributed by atoms with Crippen LogP contribution in [0.25, 0.3) is 0 Å². The second-order valence-electron chi connectivity index (χ2n) is 14.1. The Hall–Kier alpha value is -4.93. The highest BCUT2D eigenvalue weighted by molar-refractivity contribution is 6.40. The highest BCUT2D eigenvalue weighted by atomic mass is 16.4. The minimum absolute atomic E-state index is 0.0164. The number of ketones is 2. The number of aliphatic carboxylic acids is 2. The number of allylic oxidation sites excluding steroid dienone is 2. The van der Waals surface area contributed by atoms with Crippen LogP contribution in [0.2, 0.25) is 0 Å². The number of carboxylic acids is 2. The van der Waals surface area contributed by atoms with Crippen molar-refractivity contribution in [3.8, 4) is 0 Å². The first-order chi connectivity index (χ1) is 24.9. The van der Waals surface area contributed by atoms with E-state index in [4.69, 9.17) is 15.9 Å². The van der Waals surface area contributed by atoms with Gasteiger partial charge in [0, 0.05) is 18.9 Å². The Morgan fingerprint density at radius 2 is 1.47 bits per heavy atom. The van der Waals surface area contributed by atoms with Crippen molar-refractivity contribution < 1.29 is 53.4 Å². The van der Waals surface area contributed by atoms with Crippen molar-refractivity contribution in [3.05, 3.63) is 24.8 Å². The van der Waals surface area contributed by atoms with E-state index in [0.717, 1.165) is 0 Å². The summed E-state index contributed by atoms with van der Waals surface area (Å²) < 4.78 is 0. The number of hydrogen-bond acceptors (Lipinski definition) is 10. The Morgan fingerprint density at radius 1 is 0.830 bits per heavy atom. The first-order valence-corrected chi connectivity index (χ1v) is 17.9. The molecule has 1 fully saturated rings. The van der Waals surface area contributed by atoms with Crippen LogP contribution < -0.4 is 27.0 Å². The number of rotatable bonds is 21. The molecule has 1 aliphatic carbocycles. The maximum atomic E-state index is 14.0. The van der Waals surface area contributed by atoms with E-state index < -0.39 is 126 Å². The Kier molecular flexibility index (Phi) is 17.5. The van der Waals surface area contributed by atoms with Gasteiger partial charge in [-0.25, -0.2) is 0 Å². The number of carbonyl (C=O) groups is 9. The van der Waals surface area contributed by atoms with Crippen LogP contribution in [0.1, 0.15) is 85.5 Å². The molecule has 0 radical (unpaired) electrons. The zero-order valence-electron chi connectivity index (χ0n) is 30.8. The molecule has 5 amide bonds. The van der Waals surface area contributed by atoms with E-state index in [9.17, 15) is 43.2 Å². The molecular weight excluding hydrogens is 692 g/mol. The fourth-order valence-electron chi connectivity index (χ4n) is 6.19. The van der Waals surface area contributed by atoms with Gasteiger partial charge in [0.25, 0.3) is 0 Å². The van der Waals surface area contributed by atoms with Gasteiger partial charge in [0.1, 0.15) is 24.2 Å². The standard InChI is InChI=1S/C36H54N6O11/c1-6-11-23(31(48)30(47)21-12-8-7-9-13-21)38-34(51)25-14-10-17-42(25)36(53)29(20(4)5)41-35(52)28(19(2)3)40-33(50)24(15-16-26(43)44)39-32(49)22(37)18-27(45)46/h6-8,19-25,28-29H,1,9-18,37H2,2-5H3,(H,38,51)(H,39,49)(H,40,50)(H,41,52)(H,43,44)(H,45,46)/t21?,22-,23?,24-,25+,28-,29-/m0/s1. The van der Waals surface area contributed by atoms with Crippen molar-refractivity contribution in [1.82, 2.24) is 26.2 Å². The Balaban J connectivity index is 2.20. The highest BCUT2D eigenvalue weighted by Gasteiger charge is 2.41. The lowest BCUT2D eigenvalue weighted by Crippen LogP contribution is -2.61. The van der Waals surface area contributed by atoms with Crippen LogP contribution >= 0.6 is 0 Å². The van der Waals surface area contributed by atoms with Gasteiger partial charge in [0.2, 0.25) is 41.1 Å². The third kappa shape index (κ3) is 13.2. The first kappa shape index (κ1) is 44.2. The topological polar surface area (TPSA) is 271 Å². The maximum absolute atomic E-state index is 14.0. The lowest BCUT2D eigenvalue weighted by Gasteiger charge is -2.33. The molecular formula is C36H54N6O11. The van der Waals surface area contributed by atoms with Gasteiger partial charge in [-0.3, -0.25) is 43.2 Å². The van der Waals surface area contributed by atoms with E-state index in [-0.39, 0.29) is 19.4 Å². The third-order valence-electron chi connectivity index (χ3n) is 9.25. The number of nitrogens with zero attached hydrogens (tertiary/aromatic N) is 1. The second-order valence-corrected chi connectivity index (χ2v) is 14.1. The molecule has 17 nitrogen and oxygen atoms in total. The monoisotopic (exact) mass is 746 g/mol. The van der Waals surface area contributed by atoms with Gasteiger partial charge in [-0.15, -0.1) is 6.58 Å². The number of Topliss-reactive ketones (excluding diaryl/α,β-unsaturated/α-hetero) is 2. The molecule has 1 aliphatic heterocycles. The van der Waals surface area contributed by atoms with Crippen LogP contribution in [0, 0.1) is 17.8 Å². The van der Waals surface area contributed by atoms with Gasteiger partial charge in [-0.05, 0) is 56.8 Å². The fraction of sp³-hybridized carbons (Fsp3) is 0.639. The van der Waals surface area contributed by atoms with E-state index in [2.05, 4.69) is 27.8 Å². The summed E-state index contributed by atoms with van der Waals surface area (Å²) in [4.78, 5) is 117. The average Bonchev–Trinajstić information content (AvgIpc) is 3.60. The number of carbonyl (C=O) groups excluding carboxylic acids is 7. The molecule has 17 heteroatoms. The summed E-state index contributed by atoms with van der Waals surface area (Å²) in [6.07, 6.45) is 5.95. The van der Waals surface area contributed by atoms with Crippen LogP contribution in [-0.4, -0.2) is 111 Å². The van der Waals surface area contributed by atoms with Crippen molar-refractivity contribution in [2.24, 2.45) is 23.5 Å². The second kappa shape index (κ2) is 20.9. The minimum atomic E-state index is -1.53. The summed E-state index contributed by atoms with van der Waals surface area (Å²) in [5.41, 5.74) is 5.60. The molecule has 294 valence electrons. The number of nitrogens with one attached hydrogen (secondary N) is 4. The van der Waals surface area contributed by atoms with Gasteiger partial charge in [-0.1, -0.05) is 45.9 Å².